The molecule has 2 aliphatic heterocycles. The molecule has 0 radical (unpaired) electrons. The summed E-state index contributed by atoms with van der Waals surface area (Å²) in [6.45, 7) is 8.01. The Bertz CT molecular complexity index is 1140. The van der Waals surface area contributed by atoms with Gasteiger partial charge in [0.2, 0.25) is 0 Å². The Kier molecular flexibility index (Phi) is 8.54. The average molecular weight is 487 g/mol. The minimum Gasteiger partial charge on any atom is -0.493 e. The first kappa shape index (κ1) is 25.6. The summed E-state index contributed by atoms with van der Waals surface area (Å²) in [5.74, 6) is 2.01. The molecule has 0 saturated carbocycles. The molecule has 2 aromatic carbocycles. The third kappa shape index (κ3) is 6.61. The van der Waals surface area contributed by atoms with Gasteiger partial charge >= 0.3 is 0 Å². The van der Waals surface area contributed by atoms with Gasteiger partial charge in [-0.2, -0.15) is 5.10 Å². The molecule has 190 valence electrons. The number of nitrogens with zero attached hydrogens (tertiary/aromatic N) is 4. The van der Waals surface area contributed by atoms with Crippen molar-refractivity contribution in [2.75, 3.05) is 45.7 Å². The smallest absolute Gasteiger partial charge is 0.176 e. The molecule has 0 aromatic heterocycles. The fourth-order valence-corrected chi connectivity index (χ4v) is 4.75. The van der Waals surface area contributed by atoms with E-state index < -0.39 is 0 Å². The normalized spacial score (nSPS) is 18.4. The molecule has 7 heteroatoms. The molecule has 2 heterocycles. The van der Waals surface area contributed by atoms with Gasteiger partial charge in [-0.05, 0) is 69.8 Å². The number of anilines is 1. The number of rotatable bonds is 8. The quantitative estimate of drug-likeness (QED) is 0.546. The highest BCUT2D eigenvalue weighted by molar-refractivity contribution is 6.53. The van der Waals surface area contributed by atoms with E-state index >= 15 is 0 Å². The number of hydrogen-bond donors (Lipinski definition) is 2. The maximum Gasteiger partial charge on any atom is 0.176 e. The predicted molar refractivity (Wildman–Crippen MR) is 150 cm³/mol. The van der Waals surface area contributed by atoms with Crippen molar-refractivity contribution in [1.29, 1.82) is 5.41 Å². The van der Waals surface area contributed by atoms with Crippen molar-refractivity contribution in [3.05, 3.63) is 71.4 Å². The van der Waals surface area contributed by atoms with E-state index in [1.807, 2.05) is 57.1 Å². The third-order valence-corrected chi connectivity index (χ3v) is 6.85. The monoisotopic (exact) mass is 486 g/mol. The van der Waals surface area contributed by atoms with Gasteiger partial charge in [0.25, 0.3) is 0 Å². The van der Waals surface area contributed by atoms with Gasteiger partial charge in [0.05, 0.1) is 12.3 Å². The van der Waals surface area contributed by atoms with Crippen molar-refractivity contribution in [3.63, 3.8) is 0 Å². The van der Waals surface area contributed by atoms with Gasteiger partial charge in [0.1, 0.15) is 11.5 Å². The number of likely N-dealkylation sites (tertiary alicyclic amines) is 1. The van der Waals surface area contributed by atoms with Crippen LogP contribution in [0.5, 0.6) is 5.75 Å². The molecule has 36 heavy (non-hydrogen) atoms. The fourth-order valence-electron chi connectivity index (χ4n) is 4.75. The molecule has 1 fully saturated rings. The van der Waals surface area contributed by atoms with Crippen molar-refractivity contribution in [2.24, 2.45) is 16.1 Å². The van der Waals surface area contributed by atoms with E-state index in [2.05, 4.69) is 50.8 Å². The molecule has 0 spiro atoms. The fraction of sp³-hybridized carbons (Fsp3) is 0.414. The van der Waals surface area contributed by atoms with E-state index in [0.29, 0.717) is 17.5 Å². The number of nitrogens with one attached hydrogen (secondary N) is 2. The molecule has 2 N–H and O–H groups in total. The standard InChI is InChI=1S/C29H38N6O/c1-21(27-22(2)32-33-29(28(27)30)34(3)4)31-25-11-8-12-26(19-25)36-20-24-14-17-35(18-15-24)16-13-23-9-6-5-7-10-23/h5-12,19,24,30-31H,13-18,20H2,1-4H3/b27-21-,30-28?. The van der Waals surface area contributed by atoms with Gasteiger partial charge in [-0.25, -0.2) is 0 Å². The minimum atomic E-state index is 0.375. The summed E-state index contributed by atoms with van der Waals surface area (Å²) in [5.41, 5.74) is 5.10. The molecule has 0 aliphatic carbocycles. The zero-order valence-electron chi connectivity index (χ0n) is 21.9. The molecule has 2 aliphatic rings. The van der Waals surface area contributed by atoms with Crippen molar-refractivity contribution < 1.29 is 4.74 Å². The van der Waals surface area contributed by atoms with Gasteiger partial charge in [0.15, 0.2) is 5.84 Å². The summed E-state index contributed by atoms with van der Waals surface area (Å²) in [6.07, 6.45) is 3.47. The Morgan fingerprint density at radius 1 is 1.08 bits per heavy atom. The molecule has 1 saturated heterocycles. The first-order valence-corrected chi connectivity index (χ1v) is 12.8. The van der Waals surface area contributed by atoms with E-state index in [0.717, 1.165) is 61.1 Å². The van der Waals surface area contributed by atoms with Crippen molar-refractivity contribution in [2.45, 2.75) is 33.1 Å². The van der Waals surface area contributed by atoms with E-state index in [-0.39, 0.29) is 0 Å². The van der Waals surface area contributed by atoms with Crippen LogP contribution in [0.3, 0.4) is 0 Å². The summed E-state index contributed by atoms with van der Waals surface area (Å²) in [6, 6.07) is 18.8. The Morgan fingerprint density at radius 3 is 2.56 bits per heavy atom. The van der Waals surface area contributed by atoms with Crippen LogP contribution in [-0.2, 0) is 6.42 Å². The molecule has 0 amide bonds. The van der Waals surface area contributed by atoms with Crippen LogP contribution in [-0.4, -0.2) is 67.4 Å². The van der Waals surface area contributed by atoms with Gasteiger partial charge < -0.3 is 19.9 Å². The largest absolute Gasteiger partial charge is 0.493 e. The lowest BCUT2D eigenvalue weighted by Gasteiger charge is -2.31. The lowest BCUT2D eigenvalue weighted by atomic mass is 9.97. The second-order valence-electron chi connectivity index (χ2n) is 9.86. The second kappa shape index (κ2) is 12.0. The predicted octanol–water partition coefficient (Wildman–Crippen LogP) is 5.08. The summed E-state index contributed by atoms with van der Waals surface area (Å²) < 4.78 is 6.20. The highest BCUT2D eigenvalue weighted by atomic mass is 16.5. The van der Waals surface area contributed by atoms with Crippen LogP contribution in [0.1, 0.15) is 32.3 Å². The van der Waals surface area contributed by atoms with Crippen LogP contribution in [0.25, 0.3) is 0 Å². The topological polar surface area (TPSA) is 76.3 Å². The molecule has 4 rings (SSSR count). The van der Waals surface area contributed by atoms with Crippen molar-refractivity contribution in [3.8, 4) is 5.75 Å². The summed E-state index contributed by atoms with van der Waals surface area (Å²) in [7, 11) is 3.75. The zero-order chi connectivity index (χ0) is 25.5. The zero-order valence-corrected chi connectivity index (χ0v) is 21.9. The van der Waals surface area contributed by atoms with Crippen molar-refractivity contribution in [1.82, 2.24) is 9.80 Å². The van der Waals surface area contributed by atoms with Crippen LogP contribution in [0.4, 0.5) is 5.69 Å². The molecule has 0 atom stereocenters. The minimum absolute atomic E-state index is 0.375. The molecule has 0 bridgehead atoms. The lowest BCUT2D eigenvalue weighted by Crippen LogP contribution is -2.36. The number of piperidine rings is 1. The van der Waals surface area contributed by atoms with Crippen LogP contribution in [0.15, 0.2) is 76.1 Å². The molecular formula is C29H38N6O. The molecule has 0 unspecified atom stereocenters. The second-order valence-corrected chi connectivity index (χ2v) is 9.86. The summed E-state index contributed by atoms with van der Waals surface area (Å²) in [5, 5.41) is 20.4. The number of allylic oxidation sites excluding steroid dienone is 1. The Hall–Kier alpha value is -3.45. The molecular weight excluding hydrogens is 448 g/mol. The average Bonchev–Trinajstić information content (AvgIpc) is 2.87. The first-order valence-electron chi connectivity index (χ1n) is 12.8. The number of amidine groups is 1. The van der Waals surface area contributed by atoms with E-state index in [9.17, 15) is 0 Å². The molecule has 2 aromatic rings. The van der Waals surface area contributed by atoms with Gasteiger partial charge in [-0.3, -0.25) is 5.41 Å². The van der Waals surface area contributed by atoms with Crippen LogP contribution < -0.4 is 10.1 Å². The highest BCUT2D eigenvalue weighted by Crippen LogP contribution is 2.24. The number of ether oxygens (including phenoxy) is 1. The first-order chi connectivity index (χ1) is 17.4. The number of benzene rings is 2. The Balaban J connectivity index is 1.28. The summed E-state index contributed by atoms with van der Waals surface area (Å²) >= 11 is 0. The summed E-state index contributed by atoms with van der Waals surface area (Å²) in [4.78, 5) is 4.39. The van der Waals surface area contributed by atoms with E-state index in [1.54, 1.807) is 0 Å². The van der Waals surface area contributed by atoms with Gasteiger partial charge in [-0.15, -0.1) is 5.10 Å². The van der Waals surface area contributed by atoms with Gasteiger partial charge in [0, 0.05) is 43.7 Å². The van der Waals surface area contributed by atoms with Crippen LogP contribution in [0.2, 0.25) is 0 Å². The lowest BCUT2D eigenvalue weighted by molar-refractivity contribution is 0.142. The van der Waals surface area contributed by atoms with Crippen LogP contribution in [0, 0.1) is 11.3 Å². The van der Waals surface area contributed by atoms with Crippen molar-refractivity contribution >= 4 is 22.9 Å². The Morgan fingerprint density at radius 2 is 1.83 bits per heavy atom. The van der Waals surface area contributed by atoms with E-state index in [1.165, 1.54) is 18.4 Å². The maximum atomic E-state index is 8.59. The Labute approximate surface area is 215 Å². The SMILES string of the molecule is CC1=NN=C(N(C)C)C(=N)/C1=C(/C)Nc1cccc(OCC2CCN(CCc3ccccc3)CC2)c1. The van der Waals surface area contributed by atoms with Gasteiger partial charge in [-0.1, -0.05) is 36.4 Å². The van der Waals surface area contributed by atoms with Crippen LogP contribution >= 0.6 is 0 Å². The molecule has 7 nitrogen and oxygen atoms in total. The van der Waals surface area contributed by atoms with E-state index in [4.69, 9.17) is 10.1 Å². The number of hydrogen-bond acceptors (Lipinski definition) is 7. The maximum absolute atomic E-state index is 8.59. The third-order valence-electron chi connectivity index (χ3n) is 6.85. The highest BCUT2D eigenvalue weighted by Gasteiger charge is 2.23.